The topological polar surface area (TPSA) is 110 Å². The molecule has 0 bridgehead atoms. The Morgan fingerprint density at radius 1 is 1.08 bits per heavy atom. The van der Waals surface area contributed by atoms with Crippen LogP contribution in [0.4, 0.5) is 11.5 Å². The van der Waals surface area contributed by atoms with E-state index in [9.17, 15) is 14.9 Å². The molecule has 0 unspecified atom stereocenters. The van der Waals surface area contributed by atoms with Crippen LogP contribution in [0.1, 0.15) is 5.56 Å². The van der Waals surface area contributed by atoms with Crippen molar-refractivity contribution in [1.82, 2.24) is 15.4 Å². The number of carbonyl (C=O) groups excluding carboxylic acids is 1. The first kappa shape index (κ1) is 16.1. The van der Waals surface area contributed by atoms with Crippen molar-refractivity contribution in [3.63, 3.8) is 0 Å². The Labute approximate surface area is 142 Å². The monoisotopic (exact) mass is 335 g/mol. The summed E-state index contributed by atoms with van der Waals surface area (Å²) >= 11 is 0. The molecule has 25 heavy (non-hydrogen) atoms. The fourth-order valence-corrected chi connectivity index (χ4v) is 2.15. The normalized spacial score (nSPS) is 10.7. The number of amides is 1. The standard InChI is InChI=1S/C17H13N5O3/c23-16(10-7-12-5-8-13(9-6-12)22(24)25)20-21-17-14-3-1-2-4-15(14)18-11-19-17/h1-11H,(H,20,23)(H,18,19,21). The molecule has 0 aliphatic rings. The highest BCUT2D eigenvalue weighted by atomic mass is 16.6. The molecule has 1 heterocycles. The van der Waals surface area contributed by atoms with Crippen LogP contribution in [0.15, 0.2) is 60.9 Å². The van der Waals surface area contributed by atoms with E-state index in [2.05, 4.69) is 20.8 Å². The van der Waals surface area contributed by atoms with Crippen LogP contribution in [-0.2, 0) is 4.79 Å². The minimum atomic E-state index is -0.476. The molecule has 1 amide bonds. The Hall–Kier alpha value is -3.81. The predicted molar refractivity (Wildman–Crippen MR) is 93.4 cm³/mol. The van der Waals surface area contributed by atoms with Crippen LogP contribution in [0, 0.1) is 10.1 Å². The number of rotatable bonds is 5. The minimum absolute atomic E-state index is 0.00101. The van der Waals surface area contributed by atoms with Gasteiger partial charge in [-0.25, -0.2) is 9.97 Å². The Morgan fingerprint density at radius 3 is 2.60 bits per heavy atom. The van der Waals surface area contributed by atoms with Gasteiger partial charge in [-0.05, 0) is 35.9 Å². The van der Waals surface area contributed by atoms with Gasteiger partial charge >= 0.3 is 0 Å². The van der Waals surface area contributed by atoms with E-state index >= 15 is 0 Å². The summed E-state index contributed by atoms with van der Waals surface area (Å²) in [6.45, 7) is 0. The fourth-order valence-electron chi connectivity index (χ4n) is 2.15. The number of nitro groups is 1. The molecule has 124 valence electrons. The van der Waals surface area contributed by atoms with Gasteiger partial charge in [-0.2, -0.15) is 0 Å². The lowest BCUT2D eigenvalue weighted by Crippen LogP contribution is -2.28. The first-order valence-electron chi connectivity index (χ1n) is 7.32. The molecular formula is C17H13N5O3. The lowest BCUT2D eigenvalue weighted by molar-refractivity contribution is -0.384. The van der Waals surface area contributed by atoms with E-state index in [0.29, 0.717) is 11.4 Å². The van der Waals surface area contributed by atoms with Crippen molar-refractivity contribution in [1.29, 1.82) is 0 Å². The van der Waals surface area contributed by atoms with Crippen LogP contribution >= 0.6 is 0 Å². The third kappa shape index (κ3) is 3.94. The summed E-state index contributed by atoms with van der Waals surface area (Å²) in [5.41, 5.74) is 6.71. The van der Waals surface area contributed by atoms with Crippen molar-refractivity contribution in [2.75, 3.05) is 5.43 Å². The lowest BCUT2D eigenvalue weighted by atomic mass is 10.2. The van der Waals surface area contributed by atoms with Crippen molar-refractivity contribution in [3.8, 4) is 0 Å². The zero-order valence-electron chi connectivity index (χ0n) is 12.9. The number of hydrogen-bond donors (Lipinski definition) is 2. The third-order valence-corrected chi connectivity index (χ3v) is 3.38. The molecule has 1 aromatic heterocycles. The Balaban J connectivity index is 1.63. The second-order valence-electron chi connectivity index (χ2n) is 5.04. The number of nitrogens with zero attached hydrogens (tertiary/aromatic N) is 3. The molecule has 0 radical (unpaired) electrons. The van der Waals surface area contributed by atoms with E-state index in [0.717, 1.165) is 10.9 Å². The summed E-state index contributed by atoms with van der Waals surface area (Å²) in [5, 5.41) is 11.4. The molecule has 2 N–H and O–H groups in total. The molecule has 0 saturated carbocycles. The quantitative estimate of drug-likeness (QED) is 0.421. The van der Waals surface area contributed by atoms with Gasteiger partial charge in [0.25, 0.3) is 11.6 Å². The van der Waals surface area contributed by atoms with Crippen LogP contribution in [-0.4, -0.2) is 20.8 Å². The van der Waals surface area contributed by atoms with Gasteiger partial charge < -0.3 is 0 Å². The lowest BCUT2D eigenvalue weighted by Gasteiger charge is -2.07. The summed E-state index contributed by atoms with van der Waals surface area (Å²) in [4.78, 5) is 30.2. The van der Waals surface area contributed by atoms with Gasteiger partial charge in [-0.1, -0.05) is 12.1 Å². The van der Waals surface area contributed by atoms with E-state index < -0.39 is 4.92 Å². The molecule has 8 nitrogen and oxygen atoms in total. The van der Waals surface area contributed by atoms with Gasteiger partial charge in [0, 0.05) is 23.6 Å². The molecule has 0 fully saturated rings. The van der Waals surface area contributed by atoms with Gasteiger partial charge in [-0.3, -0.25) is 25.8 Å². The highest BCUT2D eigenvalue weighted by Gasteiger charge is 2.04. The minimum Gasteiger partial charge on any atom is -0.281 e. The van der Waals surface area contributed by atoms with Gasteiger partial charge in [0.2, 0.25) is 0 Å². The number of aromatic nitrogens is 2. The number of anilines is 1. The van der Waals surface area contributed by atoms with E-state index in [1.165, 1.54) is 24.5 Å². The maximum atomic E-state index is 11.9. The molecule has 2 aromatic carbocycles. The van der Waals surface area contributed by atoms with E-state index in [1.807, 2.05) is 24.3 Å². The molecular weight excluding hydrogens is 322 g/mol. The SMILES string of the molecule is O=C(C=Cc1ccc([N+](=O)[O-])cc1)NNc1ncnc2ccccc12. The van der Waals surface area contributed by atoms with E-state index in [1.54, 1.807) is 18.2 Å². The van der Waals surface area contributed by atoms with Gasteiger partial charge in [-0.15, -0.1) is 0 Å². The third-order valence-electron chi connectivity index (χ3n) is 3.38. The molecule has 3 rings (SSSR count). The van der Waals surface area contributed by atoms with Crippen LogP contribution < -0.4 is 10.9 Å². The molecule has 3 aromatic rings. The summed E-state index contributed by atoms with van der Waals surface area (Å²) in [6.07, 6.45) is 4.28. The number of benzene rings is 2. The number of nitro benzene ring substituents is 1. The van der Waals surface area contributed by atoms with Crippen LogP contribution in [0.25, 0.3) is 17.0 Å². The van der Waals surface area contributed by atoms with E-state index in [4.69, 9.17) is 0 Å². The Kier molecular flexibility index (Phi) is 4.61. The molecule has 0 spiro atoms. The highest BCUT2D eigenvalue weighted by Crippen LogP contribution is 2.17. The smallest absolute Gasteiger partial charge is 0.269 e. The van der Waals surface area contributed by atoms with Crippen molar-refractivity contribution in [2.24, 2.45) is 0 Å². The zero-order chi connectivity index (χ0) is 17.6. The molecule has 0 atom stereocenters. The Bertz CT molecular complexity index is 949. The molecule has 0 saturated heterocycles. The van der Waals surface area contributed by atoms with Crippen molar-refractivity contribution < 1.29 is 9.72 Å². The summed E-state index contributed by atoms with van der Waals surface area (Å²) in [6, 6.07) is 13.3. The van der Waals surface area contributed by atoms with E-state index in [-0.39, 0.29) is 11.6 Å². The highest BCUT2D eigenvalue weighted by molar-refractivity contribution is 5.94. The fraction of sp³-hybridized carbons (Fsp3) is 0. The van der Waals surface area contributed by atoms with Crippen molar-refractivity contribution >= 4 is 34.4 Å². The average Bonchev–Trinajstić information content (AvgIpc) is 2.65. The number of nitrogens with one attached hydrogen (secondary N) is 2. The number of carbonyl (C=O) groups is 1. The number of non-ortho nitro benzene ring substituents is 1. The molecule has 0 aliphatic heterocycles. The van der Waals surface area contributed by atoms with Crippen LogP contribution in [0.3, 0.4) is 0 Å². The number of hydrazine groups is 1. The average molecular weight is 335 g/mol. The first-order valence-corrected chi connectivity index (χ1v) is 7.32. The Morgan fingerprint density at radius 2 is 1.84 bits per heavy atom. The predicted octanol–water partition coefficient (Wildman–Crippen LogP) is 2.69. The number of para-hydroxylation sites is 1. The van der Waals surface area contributed by atoms with Crippen LogP contribution in [0.2, 0.25) is 0 Å². The van der Waals surface area contributed by atoms with Crippen LogP contribution in [0.5, 0.6) is 0 Å². The molecule has 8 heteroatoms. The number of fused-ring (bicyclic) bond motifs is 1. The largest absolute Gasteiger partial charge is 0.281 e. The van der Waals surface area contributed by atoms with Gasteiger partial charge in [0.05, 0.1) is 10.4 Å². The second kappa shape index (κ2) is 7.18. The maximum absolute atomic E-state index is 11.9. The van der Waals surface area contributed by atoms with Gasteiger partial charge in [0.15, 0.2) is 5.82 Å². The van der Waals surface area contributed by atoms with Crippen molar-refractivity contribution in [3.05, 3.63) is 76.6 Å². The zero-order valence-corrected chi connectivity index (χ0v) is 12.9. The van der Waals surface area contributed by atoms with Gasteiger partial charge in [0.1, 0.15) is 6.33 Å². The maximum Gasteiger partial charge on any atom is 0.269 e. The first-order chi connectivity index (χ1) is 12.1. The molecule has 0 aliphatic carbocycles. The summed E-state index contributed by atoms with van der Waals surface area (Å²) in [5.74, 6) is 0.101. The second-order valence-corrected chi connectivity index (χ2v) is 5.04. The summed E-state index contributed by atoms with van der Waals surface area (Å²) in [7, 11) is 0. The summed E-state index contributed by atoms with van der Waals surface area (Å²) < 4.78 is 0. The number of hydrogen-bond acceptors (Lipinski definition) is 6. The van der Waals surface area contributed by atoms with Crippen molar-refractivity contribution in [2.45, 2.75) is 0 Å².